The monoisotopic (exact) mass is 304 g/mol. The zero-order chi connectivity index (χ0) is 16.3. The number of hydrogen-bond donors (Lipinski definition) is 0. The summed E-state index contributed by atoms with van der Waals surface area (Å²) in [5, 5.41) is 0. The molecule has 0 spiro atoms. The highest BCUT2D eigenvalue weighted by Crippen LogP contribution is 2.42. The van der Waals surface area contributed by atoms with Gasteiger partial charge in [-0.25, -0.2) is 0 Å². The average molecular weight is 305 g/mol. The molecule has 1 aliphatic carbocycles. The van der Waals surface area contributed by atoms with E-state index in [1.165, 1.54) is 30.4 Å². The Kier molecular flexibility index (Phi) is 7.89. The predicted octanol–water partition coefficient (Wildman–Crippen LogP) is 7.40. The number of hydrogen-bond acceptors (Lipinski definition) is 0. The Morgan fingerprint density at radius 1 is 0.909 bits per heavy atom. The largest absolute Gasteiger partial charge is 0.0776 e. The Morgan fingerprint density at radius 2 is 1.45 bits per heavy atom. The summed E-state index contributed by atoms with van der Waals surface area (Å²) >= 11 is 0. The van der Waals surface area contributed by atoms with Gasteiger partial charge in [-0.15, -0.1) is 0 Å². The van der Waals surface area contributed by atoms with E-state index in [2.05, 4.69) is 79.7 Å². The van der Waals surface area contributed by atoms with Crippen molar-refractivity contribution < 1.29 is 0 Å². The molecule has 128 valence electrons. The lowest BCUT2D eigenvalue weighted by Crippen LogP contribution is -2.22. The fraction of sp³-hybridized carbons (Fsp3) is 0.727. The third kappa shape index (κ3) is 6.15. The van der Waals surface area contributed by atoms with Gasteiger partial charge in [-0.1, -0.05) is 93.0 Å². The molecular weight excluding hydrogens is 264 g/mol. The zero-order valence-corrected chi connectivity index (χ0v) is 15.6. The molecule has 0 radical (unpaired) electrons. The second-order valence-corrected chi connectivity index (χ2v) is 8.95. The Bertz CT molecular complexity index is 428. The molecule has 0 heterocycles. The topological polar surface area (TPSA) is 0 Å². The minimum atomic E-state index is 0. The van der Waals surface area contributed by atoms with Crippen LogP contribution in [-0.4, -0.2) is 0 Å². The first-order valence-electron chi connectivity index (χ1n) is 8.59. The standard InChI is InChI=1S/C11H16.C10H20.CH4/c1-9-7-5-6-8-10(9)11(2,3)4;1-8-6-5-7-9(8)10(2,3)4;/h5-8H,1-4H3;8-9H,5-7H2,1-4H3;1H4. The minimum Gasteiger partial charge on any atom is -0.0776 e. The average Bonchev–Trinajstić information content (AvgIpc) is 2.75. The van der Waals surface area contributed by atoms with Crippen LogP contribution in [0.2, 0.25) is 0 Å². The molecule has 0 aliphatic heterocycles. The maximum absolute atomic E-state index is 2.41. The molecule has 0 aromatic heterocycles. The third-order valence-corrected chi connectivity index (χ3v) is 4.93. The second kappa shape index (κ2) is 8.18. The van der Waals surface area contributed by atoms with Gasteiger partial charge < -0.3 is 0 Å². The summed E-state index contributed by atoms with van der Waals surface area (Å²) in [6.45, 7) is 18.4. The van der Waals surface area contributed by atoms with Crippen molar-refractivity contribution in [3.8, 4) is 0 Å². The molecule has 0 bridgehead atoms. The second-order valence-electron chi connectivity index (χ2n) is 8.95. The van der Waals surface area contributed by atoms with Crippen LogP contribution in [0.15, 0.2) is 24.3 Å². The van der Waals surface area contributed by atoms with Crippen LogP contribution in [-0.2, 0) is 5.41 Å². The Morgan fingerprint density at radius 3 is 1.73 bits per heavy atom. The Balaban J connectivity index is 0.000000385. The molecule has 1 saturated carbocycles. The highest BCUT2D eigenvalue weighted by atomic mass is 14.4. The molecule has 1 aromatic carbocycles. The van der Waals surface area contributed by atoms with Gasteiger partial charge in [0.15, 0.2) is 0 Å². The summed E-state index contributed by atoms with van der Waals surface area (Å²) < 4.78 is 0. The van der Waals surface area contributed by atoms with E-state index in [4.69, 9.17) is 0 Å². The van der Waals surface area contributed by atoms with E-state index >= 15 is 0 Å². The fourth-order valence-corrected chi connectivity index (χ4v) is 3.85. The molecule has 2 atom stereocenters. The molecule has 0 saturated heterocycles. The van der Waals surface area contributed by atoms with Crippen molar-refractivity contribution in [1.29, 1.82) is 0 Å². The molecule has 2 rings (SSSR count). The van der Waals surface area contributed by atoms with Crippen molar-refractivity contribution in [3.63, 3.8) is 0 Å². The van der Waals surface area contributed by atoms with Crippen LogP contribution >= 0.6 is 0 Å². The lowest BCUT2D eigenvalue weighted by atomic mass is 9.75. The third-order valence-electron chi connectivity index (χ3n) is 4.93. The number of benzene rings is 1. The Labute approximate surface area is 140 Å². The van der Waals surface area contributed by atoms with Crippen LogP contribution in [0.3, 0.4) is 0 Å². The summed E-state index contributed by atoms with van der Waals surface area (Å²) in [7, 11) is 0. The van der Waals surface area contributed by atoms with Crippen molar-refractivity contribution in [2.24, 2.45) is 17.3 Å². The molecule has 0 nitrogen and oxygen atoms in total. The first-order valence-corrected chi connectivity index (χ1v) is 8.59. The van der Waals surface area contributed by atoms with Crippen molar-refractivity contribution in [3.05, 3.63) is 35.4 Å². The van der Waals surface area contributed by atoms with Crippen LogP contribution < -0.4 is 0 Å². The van der Waals surface area contributed by atoms with E-state index in [0.29, 0.717) is 5.41 Å². The molecule has 1 aromatic rings. The van der Waals surface area contributed by atoms with Crippen LogP contribution in [0.4, 0.5) is 0 Å². The van der Waals surface area contributed by atoms with Crippen molar-refractivity contribution >= 4 is 0 Å². The van der Waals surface area contributed by atoms with Crippen LogP contribution in [0.25, 0.3) is 0 Å². The van der Waals surface area contributed by atoms with Crippen LogP contribution in [0, 0.1) is 24.2 Å². The molecule has 1 fully saturated rings. The van der Waals surface area contributed by atoms with E-state index < -0.39 is 0 Å². The van der Waals surface area contributed by atoms with Crippen molar-refractivity contribution in [2.75, 3.05) is 0 Å². The molecule has 0 N–H and O–H groups in total. The summed E-state index contributed by atoms with van der Waals surface area (Å²) in [5.41, 5.74) is 3.67. The Hall–Kier alpha value is -0.780. The van der Waals surface area contributed by atoms with Gasteiger partial charge in [0.2, 0.25) is 0 Å². The highest BCUT2D eigenvalue weighted by molar-refractivity contribution is 5.31. The predicted molar refractivity (Wildman–Crippen MR) is 103 cm³/mol. The maximum atomic E-state index is 2.41. The van der Waals surface area contributed by atoms with E-state index in [-0.39, 0.29) is 12.8 Å². The number of rotatable bonds is 0. The first kappa shape index (κ1) is 21.2. The van der Waals surface area contributed by atoms with Crippen LogP contribution in [0.5, 0.6) is 0 Å². The van der Waals surface area contributed by atoms with Gasteiger partial charge in [-0.2, -0.15) is 0 Å². The summed E-state index contributed by atoms with van der Waals surface area (Å²) in [5.74, 6) is 1.95. The van der Waals surface area contributed by atoms with Gasteiger partial charge in [0.05, 0.1) is 0 Å². The molecular formula is C22H40. The molecule has 2 unspecified atom stereocenters. The van der Waals surface area contributed by atoms with E-state index in [0.717, 1.165) is 11.8 Å². The van der Waals surface area contributed by atoms with Gasteiger partial charge in [-0.05, 0) is 47.1 Å². The lowest BCUT2D eigenvalue weighted by Gasteiger charge is -2.30. The fourth-order valence-electron chi connectivity index (χ4n) is 3.85. The zero-order valence-electron chi connectivity index (χ0n) is 15.6. The van der Waals surface area contributed by atoms with Gasteiger partial charge >= 0.3 is 0 Å². The highest BCUT2D eigenvalue weighted by Gasteiger charge is 2.32. The molecule has 0 heteroatoms. The maximum Gasteiger partial charge on any atom is -0.0129 e. The van der Waals surface area contributed by atoms with Gasteiger partial charge in [-0.3, -0.25) is 0 Å². The van der Waals surface area contributed by atoms with Crippen LogP contribution in [0.1, 0.15) is 86.3 Å². The van der Waals surface area contributed by atoms with E-state index in [1.807, 2.05) is 0 Å². The van der Waals surface area contributed by atoms with E-state index in [9.17, 15) is 0 Å². The van der Waals surface area contributed by atoms with Gasteiger partial charge in [0.1, 0.15) is 0 Å². The minimum absolute atomic E-state index is 0. The summed E-state index contributed by atoms with van der Waals surface area (Å²) in [6.07, 6.45) is 4.38. The summed E-state index contributed by atoms with van der Waals surface area (Å²) in [4.78, 5) is 0. The SMILES string of the molecule is C.CC1CCCC1C(C)(C)C.Cc1ccccc1C(C)(C)C. The van der Waals surface area contributed by atoms with Crippen molar-refractivity contribution in [1.82, 2.24) is 0 Å². The molecule has 22 heavy (non-hydrogen) atoms. The number of aryl methyl sites for hydroxylation is 1. The summed E-state index contributed by atoms with van der Waals surface area (Å²) in [6, 6.07) is 8.56. The first-order chi connectivity index (χ1) is 9.53. The van der Waals surface area contributed by atoms with Gasteiger partial charge in [0, 0.05) is 0 Å². The molecule has 1 aliphatic rings. The molecule has 0 amide bonds. The lowest BCUT2D eigenvalue weighted by molar-refractivity contribution is 0.196. The van der Waals surface area contributed by atoms with Gasteiger partial charge in [0.25, 0.3) is 0 Å². The van der Waals surface area contributed by atoms with Crippen molar-refractivity contribution in [2.45, 2.75) is 87.5 Å². The normalized spacial score (nSPS) is 21.6. The smallest absolute Gasteiger partial charge is 0.0129 e. The quantitative estimate of drug-likeness (QED) is 0.468. The van der Waals surface area contributed by atoms with E-state index in [1.54, 1.807) is 0 Å².